The fourth-order valence-electron chi connectivity index (χ4n) is 2.48. The second-order valence-corrected chi connectivity index (χ2v) is 7.88. The molecule has 118 valence electrons. The van der Waals surface area contributed by atoms with E-state index in [1.807, 2.05) is 24.3 Å². The summed E-state index contributed by atoms with van der Waals surface area (Å²) in [6.07, 6.45) is 3.57. The van der Waals surface area contributed by atoms with E-state index in [1.54, 1.807) is 23.6 Å². The summed E-state index contributed by atoms with van der Waals surface area (Å²) >= 11 is 7.88. The molecule has 2 aromatic heterocycles. The molecule has 0 radical (unpaired) electrons. The first kappa shape index (κ1) is 15.3. The van der Waals surface area contributed by atoms with Crippen molar-refractivity contribution in [1.82, 2.24) is 10.3 Å². The number of thiocarbonyl (C=S) groups is 1. The molecule has 1 amide bonds. The number of thioether (sulfide) groups is 1. The highest BCUT2D eigenvalue weighted by molar-refractivity contribution is 8.26. The SMILES string of the molecule is Nc1ccnc2ccc(-c3csc(C=C4SC(=S)NC4=O)c3)cc12. The van der Waals surface area contributed by atoms with Crippen molar-refractivity contribution >= 4 is 68.2 Å². The van der Waals surface area contributed by atoms with E-state index in [9.17, 15) is 4.79 Å². The minimum absolute atomic E-state index is 0.135. The van der Waals surface area contributed by atoms with Gasteiger partial charge in [0.1, 0.15) is 4.32 Å². The fourth-order valence-corrected chi connectivity index (χ4v) is 4.43. The van der Waals surface area contributed by atoms with Crippen LogP contribution in [-0.4, -0.2) is 15.2 Å². The summed E-state index contributed by atoms with van der Waals surface area (Å²) < 4.78 is 0.500. The molecule has 1 saturated heterocycles. The van der Waals surface area contributed by atoms with Crippen LogP contribution in [-0.2, 0) is 4.79 Å². The molecule has 0 unspecified atom stereocenters. The predicted octanol–water partition coefficient (Wildman–Crippen LogP) is 4.03. The molecule has 7 heteroatoms. The molecule has 0 saturated carbocycles. The van der Waals surface area contributed by atoms with Gasteiger partial charge in [0.2, 0.25) is 0 Å². The van der Waals surface area contributed by atoms with Crippen LogP contribution in [0.15, 0.2) is 46.8 Å². The first-order valence-corrected chi connectivity index (χ1v) is 9.18. The predicted molar refractivity (Wildman–Crippen MR) is 106 cm³/mol. The van der Waals surface area contributed by atoms with Crippen molar-refractivity contribution in [2.75, 3.05) is 5.73 Å². The lowest BCUT2D eigenvalue weighted by Crippen LogP contribution is -2.17. The number of carbonyl (C=O) groups excluding carboxylic acids is 1. The standard InChI is InChI=1S/C17H11N3OS3/c18-13-3-4-19-14-2-1-9(6-12(13)14)10-5-11(23-8-10)7-15-16(21)20-17(22)24-15/h1-8H,(H2,18,19)(H,20,21,22). The van der Waals surface area contributed by atoms with E-state index in [2.05, 4.69) is 21.7 Å². The Kier molecular flexibility index (Phi) is 3.84. The zero-order valence-electron chi connectivity index (χ0n) is 12.3. The van der Waals surface area contributed by atoms with Gasteiger partial charge in [0.15, 0.2) is 0 Å². The van der Waals surface area contributed by atoms with Gasteiger partial charge in [0, 0.05) is 22.1 Å². The summed E-state index contributed by atoms with van der Waals surface area (Å²) in [4.78, 5) is 17.7. The first-order chi connectivity index (χ1) is 11.6. The Hall–Kier alpha value is -2.22. The molecule has 0 bridgehead atoms. The number of nitrogens with zero attached hydrogens (tertiary/aromatic N) is 1. The van der Waals surface area contributed by atoms with Crippen LogP contribution in [0.25, 0.3) is 28.1 Å². The van der Waals surface area contributed by atoms with Crippen molar-refractivity contribution in [3.8, 4) is 11.1 Å². The molecular weight excluding hydrogens is 358 g/mol. The third-order valence-electron chi connectivity index (χ3n) is 3.64. The molecule has 1 aliphatic rings. The Morgan fingerprint density at radius 2 is 2.08 bits per heavy atom. The van der Waals surface area contributed by atoms with Crippen molar-refractivity contribution in [2.24, 2.45) is 0 Å². The molecule has 0 spiro atoms. The minimum Gasteiger partial charge on any atom is -0.398 e. The number of nitrogens with one attached hydrogen (secondary N) is 1. The van der Waals surface area contributed by atoms with Gasteiger partial charge in [0.25, 0.3) is 5.91 Å². The highest BCUT2D eigenvalue weighted by Gasteiger charge is 2.22. The number of hydrogen-bond donors (Lipinski definition) is 2. The summed E-state index contributed by atoms with van der Waals surface area (Å²) in [6.45, 7) is 0. The third-order valence-corrected chi connectivity index (χ3v) is 5.69. The van der Waals surface area contributed by atoms with E-state index in [1.165, 1.54) is 11.8 Å². The van der Waals surface area contributed by atoms with Gasteiger partial charge in [-0.05, 0) is 46.8 Å². The molecule has 3 aromatic rings. The molecule has 24 heavy (non-hydrogen) atoms. The summed E-state index contributed by atoms with van der Waals surface area (Å²) in [5.74, 6) is -0.135. The topological polar surface area (TPSA) is 68.0 Å². The number of fused-ring (bicyclic) bond motifs is 1. The Morgan fingerprint density at radius 3 is 2.88 bits per heavy atom. The second-order valence-electron chi connectivity index (χ2n) is 5.22. The number of benzene rings is 1. The molecule has 4 rings (SSSR count). The number of amides is 1. The molecule has 3 N–H and O–H groups in total. The van der Waals surface area contributed by atoms with Crippen molar-refractivity contribution in [1.29, 1.82) is 0 Å². The van der Waals surface area contributed by atoms with E-state index in [0.29, 0.717) is 14.9 Å². The van der Waals surface area contributed by atoms with E-state index < -0.39 is 0 Å². The minimum atomic E-state index is -0.135. The maximum Gasteiger partial charge on any atom is 0.263 e. The molecule has 3 heterocycles. The van der Waals surface area contributed by atoms with Crippen LogP contribution in [0.4, 0.5) is 5.69 Å². The molecule has 1 aromatic carbocycles. The lowest BCUT2D eigenvalue weighted by molar-refractivity contribution is -0.115. The van der Waals surface area contributed by atoms with E-state index in [4.69, 9.17) is 18.0 Å². The zero-order chi connectivity index (χ0) is 16.7. The number of anilines is 1. The first-order valence-electron chi connectivity index (χ1n) is 7.08. The van der Waals surface area contributed by atoms with Gasteiger partial charge in [-0.15, -0.1) is 11.3 Å². The smallest absolute Gasteiger partial charge is 0.263 e. The monoisotopic (exact) mass is 369 g/mol. The molecule has 1 aliphatic heterocycles. The normalized spacial score (nSPS) is 16.1. The lowest BCUT2D eigenvalue weighted by atomic mass is 10.0. The number of pyridine rings is 1. The Morgan fingerprint density at radius 1 is 1.21 bits per heavy atom. The van der Waals surface area contributed by atoms with Crippen molar-refractivity contribution in [2.45, 2.75) is 0 Å². The maximum atomic E-state index is 11.7. The van der Waals surface area contributed by atoms with Crippen LogP contribution in [0, 0.1) is 0 Å². The summed E-state index contributed by atoms with van der Waals surface area (Å²) in [5, 5.41) is 5.63. The van der Waals surface area contributed by atoms with Crippen molar-refractivity contribution < 1.29 is 4.79 Å². The van der Waals surface area contributed by atoms with Gasteiger partial charge in [-0.1, -0.05) is 30.0 Å². The molecule has 4 nitrogen and oxygen atoms in total. The number of rotatable bonds is 2. The van der Waals surface area contributed by atoms with Crippen LogP contribution >= 0.6 is 35.3 Å². The summed E-state index contributed by atoms with van der Waals surface area (Å²) in [7, 11) is 0. The number of hydrogen-bond acceptors (Lipinski definition) is 6. The number of aromatic nitrogens is 1. The average molecular weight is 369 g/mol. The van der Waals surface area contributed by atoms with Gasteiger partial charge in [-0.3, -0.25) is 9.78 Å². The molecule has 0 aliphatic carbocycles. The number of nitrogens with two attached hydrogens (primary N) is 1. The van der Waals surface area contributed by atoms with Crippen LogP contribution in [0.2, 0.25) is 0 Å². The average Bonchev–Trinajstić information content (AvgIpc) is 3.15. The number of nitrogen functional groups attached to an aromatic ring is 1. The zero-order valence-corrected chi connectivity index (χ0v) is 14.7. The van der Waals surface area contributed by atoms with Crippen LogP contribution in [0.1, 0.15) is 4.88 Å². The lowest BCUT2D eigenvalue weighted by Gasteiger charge is -2.03. The van der Waals surface area contributed by atoms with E-state index in [0.717, 1.165) is 26.9 Å². The molecule has 1 fully saturated rings. The van der Waals surface area contributed by atoms with Crippen molar-refractivity contribution in [3.05, 3.63) is 51.7 Å². The van der Waals surface area contributed by atoms with Gasteiger partial charge in [-0.25, -0.2) is 0 Å². The van der Waals surface area contributed by atoms with Gasteiger partial charge in [0.05, 0.1) is 10.4 Å². The Balaban J connectivity index is 1.70. The number of carbonyl (C=O) groups is 1. The quantitative estimate of drug-likeness (QED) is 0.527. The van der Waals surface area contributed by atoms with E-state index in [-0.39, 0.29) is 5.91 Å². The summed E-state index contributed by atoms with van der Waals surface area (Å²) in [6, 6.07) is 9.90. The highest BCUT2D eigenvalue weighted by atomic mass is 32.2. The van der Waals surface area contributed by atoms with Crippen LogP contribution in [0.5, 0.6) is 0 Å². The van der Waals surface area contributed by atoms with Crippen molar-refractivity contribution in [3.63, 3.8) is 0 Å². The maximum absolute atomic E-state index is 11.7. The van der Waals surface area contributed by atoms with Gasteiger partial charge >= 0.3 is 0 Å². The Bertz CT molecular complexity index is 1020. The fraction of sp³-hybridized carbons (Fsp3) is 0. The van der Waals surface area contributed by atoms with Gasteiger partial charge in [-0.2, -0.15) is 0 Å². The number of thiophene rings is 1. The highest BCUT2D eigenvalue weighted by Crippen LogP contribution is 2.32. The largest absolute Gasteiger partial charge is 0.398 e. The molecule has 0 atom stereocenters. The van der Waals surface area contributed by atoms with Crippen LogP contribution < -0.4 is 11.1 Å². The van der Waals surface area contributed by atoms with Crippen LogP contribution in [0.3, 0.4) is 0 Å². The summed E-state index contributed by atoms with van der Waals surface area (Å²) in [5.41, 5.74) is 9.79. The van der Waals surface area contributed by atoms with Gasteiger partial charge < -0.3 is 11.1 Å². The molecular formula is C17H11N3OS3. The Labute approximate surface area is 151 Å². The van der Waals surface area contributed by atoms with E-state index >= 15 is 0 Å². The second kappa shape index (κ2) is 6.01. The third kappa shape index (κ3) is 2.82.